The van der Waals surface area contributed by atoms with Crippen LogP contribution < -0.4 is 4.90 Å². The Hall–Kier alpha value is -2.34. The fourth-order valence-corrected chi connectivity index (χ4v) is 3.15. The van der Waals surface area contributed by atoms with Crippen molar-refractivity contribution in [1.29, 1.82) is 5.26 Å². The van der Waals surface area contributed by atoms with E-state index < -0.39 is 0 Å². The van der Waals surface area contributed by atoms with E-state index in [1.54, 1.807) is 0 Å². The third-order valence-electron chi connectivity index (χ3n) is 4.65. The van der Waals surface area contributed by atoms with Crippen molar-refractivity contribution in [2.24, 2.45) is 0 Å². The van der Waals surface area contributed by atoms with Gasteiger partial charge in [0.25, 0.3) is 0 Å². The average Bonchev–Trinajstić information content (AvgIpc) is 3.00. The molecule has 0 amide bonds. The monoisotopic (exact) mass is 291 g/mol. The van der Waals surface area contributed by atoms with Gasteiger partial charge < -0.3 is 4.90 Å². The number of nitrogens with zero attached hydrogens (tertiary/aromatic N) is 3. The van der Waals surface area contributed by atoms with Crippen LogP contribution >= 0.6 is 0 Å². The number of anilines is 1. The summed E-state index contributed by atoms with van der Waals surface area (Å²) < 4.78 is 0. The first-order valence-electron chi connectivity index (χ1n) is 7.81. The summed E-state index contributed by atoms with van der Waals surface area (Å²) in [5, 5.41) is 9.20. The summed E-state index contributed by atoms with van der Waals surface area (Å²) in [7, 11) is 0. The Kier molecular flexibility index (Phi) is 3.85. The molecular formula is C19H21N3. The topological polar surface area (TPSA) is 39.9 Å². The first-order valence-corrected chi connectivity index (χ1v) is 7.81. The molecule has 3 rings (SSSR count). The van der Waals surface area contributed by atoms with Gasteiger partial charge in [-0.3, -0.25) is 0 Å². The normalized spacial score (nSPS) is 17.5. The van der Waals surface area contributed by atoms with Crippen molar-refractivity contribution >= 4 is 5.82 Å². The molecule has 2 aromatic rings. The summed E-state index contributed by atoms with van der Waals surface area (Å²) in [6, 6.07) is 13.3. The quantitative estimate of drug-likeness (QED) is 0.831. The molecule has 1 aromatic heterocycles. The van der Waals surface area contributed by atoms with Crippen molar-refractivity contribution < 1.29 is 0 Å². The SMILES string of the molecule is Cc1ccc(C2CCCN2c2ccc(C)c(C#N)n2)cc1C. The molecule has 112 valence electrons. The van der Waals surface area contributed by atoms with Crippen LogP contribution in [0.15, 0.2) is 30.3 Å². The largest absolute Gasteiger partial charge is 0.350 e. The first kappa shape index (κ1) is 14.6. The number of aromatic nitrogens is 1. The highest BCUT2D eigenvalue weighted by Crippen LogP contribution is 2.36. The van der Waals surface area contributed by atoms with E-state index in [-0.39, 0.29) is 0 Å². The Morgan fingerprint density at radius 1 is 1.09 bits per heavy atom. The molecule has 2 heterocycles. The molecule has 1 aliphatic rings. The number of benzene rings is 1. The highest BCUT2D eigenvalue weighted by molar-refractivity contribution is 5.48. The van der Waals surface area contributed by atoms with Crippen LogP contribution in [0.1, 0.15) is 46.8 Å². The van der Waals surface area contributed by atoms with Crippen LogP contribution in [0.5, 0.6) is 0 Å². The van der Waals surface area contributed by atoms with Crippen LogP contribution in [0, 0.1) is 32.1 Å². The predicted octanol–water partition coefficient (Wildman–Crippen LogP) is 4.22. The van der Waals surface area contributed by atoms with Gasteiger partial charge in [0.2, 0.25) is 0 Å². The second-order valence-electron chi connectivity index (χ2n) is 6.14. The zero-order chi connectivity index (χ0) is 15.7. The van der Waals surface area contributed by atoms with Crippen molar-refractivity contribution in [2.45, 2.75) is 39.7 Å². The molecule has 22 heavy (non-hydrogen) atoms. The Labute approximate surface area is 132 Å². The van der Waals surface area contributed by atoms with Gasteiger partial charge in [-0.05, 0) is 61.9 Å². The molecule has 3 heteroatoms. The van der Waals surface area contributed by atoms with Gasteiger partial charge in [0, 0.05) is 6.54 Å². The maximum Gasteiger partial charge on any atom is 0.145 e. The fourth-order valence-electron chi connectivity index (χ4n) is 3.15. The third-order valence-corrected chi connectivity index (χ3v) is 4.65. The minimum absolute atomic E-state index is 0.362. The Balaban J connectivity index is 1.96. The molecule has 0 aliphatic carbocycles. The summed E-state index contributed by atoms with van der Waals surface area (Å²) in [5.74, 6) is 0.919. The molecule has 0 bridgehead atoms. The standard InChI is InChI=1S/C19H21N3/c1-13-6-8-16(11-15(13)3)18-5-4-10-22(18)19-9-7-14(2)17(12-20)21-19/h6-9,11,18H,4-5,10H2,1-3H3. The van der Waals surface area contributed by atoms with Gasteiger partial charge in [-0.1, -0.05) is 24.3 Å². The number of nitriles is 1. The van der Waals surface area contributed by atoms with E-state index >= 15 is 0 Å². The first-order chi connectivity index (χ1) is 10.6. The summed E-state index contributed by atoms with van der Waals surface area (Å²) >= 11 is 0. The Bertz CT molecular complexity index is 743. The van der Waals surface area contributed by atoms with Gasteiger partial charge in [-0.25, -0.2) is 4.98 Å². The summed E-state index contributed by atoms with van der Waals surface area (Å²) in [6.45, 7) is 7.24. The molecule has 1 fully saturated rings. The van der Waals surface area contributed by atoms with Crippen LogP contribution in [-0.4, -0.2) is 11.5 Å². The molecular weight excluding hydrogens is 270 g/mol. The van der Waals surface area contributed by atoms with E-state index in [0.717, 1.165) is 30.8 Å². The van der Waals surface area contributed by atoms with Crippen LogP contribution in [0.2, 0.25) is 0 Å². The second-order valence-corrected chi connectivity index (χ2v) is 6.14. The zero-order valence-electron chi connectivity index (χ0n) is 13.4. The van der Waals surface area contributed by atoms with Gasteiger partial charge >= 0.3 is 0 Å². The molecule has 1 unspecified atom stereocenters. The van der Waals surface area contributed by atoms with E-state index in [0.29, 0.717) is 11.7 Å². The van der Waals surface area contributed by atoms with Crippen LogP contribution in [0.3, 0.4) is 0 Å². The van der Waals surface area contributed by atoms with Crippen molar-refractivity contribution in [1.82, 2.24) is 4.98 Å². The molecule has 0 radical (unpaired) electrons. The summed E-state index contributed by atoms with van der Waals surface area (Å²) in [4.78, 5) is 6.89. The van der Waals surface area contributed by atoms with Gasteiger partial charge in [0.1, 0.15) is 17.6 Å². The highest BCUT2D eigenvalue weighted by atomic mass is 15.2. The molecule has 1 saturated heterocycles. The zero-order valence-corrected chi connectivity index (χ0v) is 13.4. The molecule has 0 N–H and O–H groups in total. The lowest BCUT2D eigenvalue weighted by molar-refractivity contribution is 0.710. The molecule has 3 nitrogen and oxygen atoms in total. The van der Waals surface area contributed by atoms with Gasteiger partial charge in [0.15, 0.2) is 0 Å². The lowest BCUT2D eigenvalue weighted by atomic mass is 9.99. The minimum atomic E-state index is 0.362. The van der Waals surface area contributed by atoms with Crippen molar-refractivity contribution in [3.8, 4) is 6.07 Å². The predicted molar refractivity (Wildman–Crippen MR) is 88.9 cm³/mol. The van der Waals surface area contributed by atoms with E-state index in [1.807, 2.05) is 19.1 Å². The number of aryl methyl sites for hydroxylation is 3. The molecule has 0 saturated carbocycles. The second kappa shape index (κ2) is 5.81. The summed E-state index contributed by atoms with van der Waals surface area (Å²) in [5.41, 5.74) is 5.48. The van der Waals surface area contributed by atoms with E-state index in [4.69, 9.17) is 0 Å². The summed E-state index contributed by atoms with van der Waals surface area (Å²) in [6.07, 6.45) is 2.30. The smallest absolute Gasteiger partial charge is 0.145 e. The van der Waals surface area contributed by atoms with Crippen molar-refractivity contribution in [3.63, 3.8) is 0 Å². The lowest BCUT2D eigenvalue weighted by Crippen LogP contribution is -2.24. The van der Waals surface area contributed by atoms with E-state index in [1.165, 1.54) is 16.7 Å². The maximum absolute atomic E-state index is 9.20. The van der Waals surface area contributed by atoms with E-state index in [2.05, 4.69) is 48.0 Å². The van der Waals surface area contributed by atoms with Gasteiger partial charge in [-0.15, -0.1) is 0 Å². The third kappa shape index (κ3) is 2.57. The number of hydrogen-bond acceptors (Lipinski definition) is 3. The molecule has 1 aliphatic heterocycles. The maximum atomic E-state index is 9.20. The van der Waals surface area contributed by atoms with E-state index in [9.17, 15) is 5.26 Å². The number of pyridine rings is 1. The fraction of sp³-hybridized carbons (Fsp3) is 0.368. The van der Waals surface area contributed by atoms with Crippen molar-refractivity contribution in [3.05, 3.63) is 58.3 Å². The van der Waals surface area contributed by atoms with Crippen LogP contribution in [-0.2, 0) is 0 Å². The molecule has 1 aromatic carbocycles. The van der Waals surface area contributed by atoms with Gasteiger partial charge in [-0.2, -0.15) is 5.26 Å². The van der Waals surface area contributed by atoms with Crippen LogP contribution in [0.4, 0.5) is 5.82 Å². The highest BCUT2D eigenvalue weighted by Gasteiger charge is 2.27. The van der Waals surface area contributed by atoms with Crippen LogP contribution in [0.25, 0.3) is 0 Å². The Morgan fingerprint density at radius 3 is 2.59 bits per heavy atom. The van der Waals surface area contributed by atoms with Gasteiger partial charge in [0.05, 0.1) is 6.04 Å². The Morgan fingerprint density at radius 2 is 1.86 bits per heavy atom. The number of hydrogen-bond donors (Lipinski definition) is 0. The van der Waals surface area contributed by atoms with Crippen molar-refractivity contribution in [2.75, 3.05) is 11.4 Å². The number of rotatable bonds is 2. The lowest BCUT2D eigenvalue weighted by Gasteiger charge is -2.27. The average molecular weight is 291 g/mol. The molecule has 1 atom stereocenters. The minimum Gasteiger partial charge on any atom is -0.350 e. The molecule has 0 spiro atoms.